The van der Waals surface area contributed by atoms with Gasteiger partial charge in [0.2, 0.25) is 0 Å². The van der Waals surface area contributed by atoms with Crippen molar-refractivity contribution in [3.63, 3.8) is 0 Å². The third kappa shape index (κ3) is 1.86. The number of aryl methyl sites for hydroxylation is 1. The predicted molar refractivity (Wildman–Crippen MR) is 73.0 cm³/mol. The highest BCUT2D eigenvalue weighted by molar-refractivity contribution is 5.80. The second kappa shape index (κ2) is 4.60. The first-order valence-corrected chi connectivity index (χ1v) is 6.79. The lowest BCUT2D eigenvalue weighted by Crippen LogP contribution is -2.17. The summed E-state index contributed by atoms with van der Waals surface area (Å²) in [6, 6.07) is 7.82. The van der Waals surface area contributed by atoms with Gasteiger partial charge >= 0.3 is 5.63 Å². The van der Waals surface area contributed by atoms with Crippen LogP contribution in [0.2, 0.25) is 0 Å². The van der Waals surface area contributed by atoms with Crippen molar-refractivity contribution in [2.24, 2.45) is 0 Å². The monoisotopic (exact) mass is 242 g/mol. The van der Waals surface area contributed by atoms with Gasteiger partial charge in [-0.3, -0.25) is 0 Å². The molecule has 1 saturated carbocycles. The Kier molecular flexibility index (Phi) is 2.94. The van der Waals surface area contributed by atoms with Gasteiger partial charge in [-0.05, 0) is 37.3 Å². The van der Waals surface area contributed by atoms with E-state index in [1.807, 2.05) is 24.3 Å². The highest BCUT2D eigenvalue weighted by Crippen LogP contribution is 2.34. The molecule has 1 aliphatic rings. The Morgan fingerprint density at radius 3 is 2.61 bits per heavy atom. The molecular weight excluding hydrogens is 224 g/mol. The van der Waals surface area contributed by atoms with E-state index in [1.54, 1.807) is 0 Å². The first-order chi connectivity index (χ1) is 8.77. The van der Waals surface area contributed by atoms with Crippen LogP contribution in [0.15, 0.2) is 33.5 Å². The molecule has 0 radical (unpaired) electrons. The van der Waals surface area contributed by atoms with E-state index >= 15 is 0 Å². The van der Waals surface area contributed by atoms with E-state index in [0.717, 1.165) is 29.4 Å². The second-order valence-electron chi connectivity index (χ2n) is 5.26. The summed E-state index contributed by atoms with van der Waals surface area (Å²) in [5, 5.41) is 1.08. The molecule has 0 saturated heterocycles. The standard InChI is InChI=1S/C16H18O2/c1-11-13-9-5-6-10-14(13)18-16(17)15(11)12-7-3-2-4-8-12/h5-6,9-10,12H,2-4,7-8H2,1H3. The van der Waals surface area contributed by atoms with E-state index in [2.05, 4.69) is 6.92 Å². The average molecular weight is 242 g/mol. The maximum absolute atomic E-state index is 12.2. The molecule has 0 spiro atoms. The maximum atomic E-state index is 12.2. The Balaban J connectivity index is 2.19. The minimum Gasteiger partial charge on any atom is -0.423 e. The van der Waals surface area contributed by atoms with E-state index in [9.17, 15) is 4.79 Å². The topological polar surface area (TPSA) is 30.2 Å². The molecule has 0 aliphatic heterocycles. The summed E-state index contributed by atoms with van der Waals surface area (Å²) in [6.45, 7) is 2.06. The number of para-hydroxylation sites is 1. The molecule has 2 aromatic rings. The number of fused-ring (bicyclic) bond motifs is 1. The van der Waals surface area contributed by atoms with E-state index in [4.69, 9.17) is 4.42 Å². The Morgan fingerprint density at radius 2 is 1.83 bits per heavy atom. The summed E-state index contributed by atoms with van der Waals surface area (Å²) in [4.78, 5) is 12.2. The normalized spacial score (nSPS) is 17.2. The zero-order chi connectivity index (χ0) is 12.5. The quantitative estimate of drug-likeness (QED) is 0.703. The van der Waals surface area contributed by atoms with Crippen LogP contribution < -0.4 is 5.63 Å². The van der Waals surface area contributed by atoms with E-state index < -0.39 is 0 Å². The smallest absolute Gasteiger partial charge is 0.340 e. The molecule has 1 heterocycles. The number of hydrogen-bond donors (Lipinski definition) is 0. The molecule has 1 aromatic heterocycles. The largest absolute Gasteiger partial charge is 0.423 e. The van der Waals surface area contributed by atoms with E-state index in [0.29, 0.717) is 11.5 Å². The van der Waals surface area contributed by atoms with Crippen LogP contribution in [0.25, 0.3) is 11.0 Å². The van der Waals surface area contributed by atoms with Crippen LogP contribution in [-0.2, 0) is 0 Å². The van der Waals surface area contributed by atoms with Crippen molar-refractivity contribution in [1.29, 1.82) is 0 Å². The summed E-state index contributed by atoms with van der Waals surface area (Å²) in [5.74, 6) is 0.402. The zero-order valence-corrected chi connectivity index (χ0v) is 10.7. The number of rotatable bonds is 1. The second-order valence-corrected chi connectivity index (χ2v) is 5.26. The Morgan fingerprint density at radius 1 is 1.11 bits per heavy atom. The molecule has 0 N–H and O–H groups in total. The Labute approximate surface area is 107 Å². The molecule has 0 amide bonds. The molecule has 3 rings (SSSR count). The Bertz CT molecular complexity index is 619. The first kappa shape index (κ1) is 11.5. The van der Waals surface area contributed by atoms with Crippen molar-refractivity contribution in [3.8, 4) is 0 Å². The molecule has 0 atom stereocenters. The van der Waals surface area contributed by atoms with Crippen molar-refractivity contribution in [1.82, 2.24) is 0 Å². The molecule has 0 unspecified atom stereocenters. The van der Waals surface area contributed by atoms with Gasteiger partial charge < -0.3 is 4.42 Å². The van der Waals surface area contributed by atoms with Crippen LogP contribution in [0.1, 0.15) is 49.1 Å². The summed E-state index contributed by atoms with van der Waals surface area (Å²) in [7, 11) is 0. The lowest BCUT2D eigenvalue weighted by Gasteiger charge is -2.22. The fourth-order valence-electron chi connectivity index (χ4n) is 3.18. The molecule has 0 bridgehead atoms. The van der Waals surface area contributed by atoms with Gasteiger partial charge in [0, 0.05) is 10.9 Å². The summed E-state index contributed by atoms with van der Waals surface area (Å²) in [5.41, 5.74) is 2.62. The fourth-order valence-corrected chi connectivity index (χ4v) is 3.18. The minimum absolute atomic E-state index is 0.127. The van der Waals surface area contributed by atoms with Gasteiger partial charge in [0.05, 0.1) is 0 Å². The lowest BCUT2D eigenvalue weighted by atomic mass is 9.82. The summed E-state index contributed by atoms with van der Waals surface area (Å²) in [6.07, 6.45) is 6.02. The minimum atomic E-state index is -0.127. The van der Waals surface area contributed by atoms with Crippen LogP contribution in [0, 0.1) is 6.92 Å². The van der Waals surface area contributed by atoms with E-state index in [1.165, 1.54) is 19.3 Å². The third-order valence-corrected chi connectivity index (χ3v) is 4.13. The van der Waals surface area contributed by atoms with Crippen LogP contribution in [0.4, 0.5) is 0 Å². The summed E-state index contributed by atoms with van der Waals surface area (Å²) < 4.78 is 5.47. The third-order valence-electron chi connectivity index (χ3n) is 4.13. The van der Waals surface area contributed by atoms with Gasteiger partial charge in [-0.1, -0.05) is 37.5 Å². The fraction of sp³-hybridized carbons (Fsp3) is 0.438. The molecule has 94 valence electrons. The van der Waals surface area contributed by atoms with Gasteiger partial charge in [-0.2, -0.15) is 0 Å². The molecule has 18 heavy (non-hydrogen) atoms. The maximum Gasteiger partial charge on any atom is 0.340 e. The SMILES string of the molecule is Cc1c(C2CCCCC2)c(=O)oc2ccccc12. The van der Waals surface area contributed by atoms with Crippen LogP contribution in [0.5, 0.6) is 0 Å². The first-order valence-electron chi connectivity index (χ1n) is 6.79. The highest BCUT2D eigenvalue weighted by Gasteiger charge is 2.22. The van der Waals surface area contributed by atoms with E-state index in [-0.39, 0.29) is 5.63 Å². The highest BCUT2D eigenvalue weighted by atomic mass is 16.4. The van der Waals surface area contributed by atoms with Gasteiger partial charge in [0.25, 0.3) is 0 Å². The predicted octanol–water partition coefficient (Wildman–Crippen LogP) is 4.15. The van der Waals surface area contributed by atoms with Crippen molar-refractivity contribution < 1.29 is 4.42 Å². The molecule has 1 aromatic carbocycles. The van der Waals surface area contributed by atoms with Gasteiger partial charge in [-0.15, -0.1) is 0 Å². The molecular formula is C16H18O2. The average Bonchev–Trinajstić information content (AvgIpc) is 2.40. The van der Waals surface area contributed by atoms with Gasteiger partial charge in [-0.25, -0.2) is 4.79 Å². The van der Waals surface area contributed by atoms with Crippen molar-refractivity contribution >= 4 is 11.0 Å². The molecule has 1 aliphatic carbocycles. The van der Waals surface area contributed by atoms with Crippen LogP contribution in [0.3, 0.4) is 0 Å². The van der Waals surface area contributed by atoms with Gasteiger partial charge in [0.15, 0.2) is 0 Å². The molecule has 1 fully saturated rings. The number of hydrogen-bond acceptors (Lipinski definition) is 2. The molecule has 2 nitrogen and oxygen atoms in total. The van der Waals surface area contributed by atoms with Crippen LogP contribution >= 0.6 is 0 Å². The van der Waals surface area contributed by atoms with Gasteiger partial charge in [0.1, 0.15) is 5.58 Å². The van der Waals surface area contributed by atoms with Crippen molar-refractivity contribution in [3.05, 3.63) is 45.8 Å². The summed E-state index contributed by atoms with van der Waals surface area (Å²) >= 11 is 0. The molecule has 2 heteroatoms. The van der Waals surface area contributed by atoms with Crippen molar-refractivity contribution in [2.75, 3.05) is 0 Å². The Hall–Kier alpha value is -1.57. The van der Waals surface area contributed by atoms with Crippen LogP contribution in [-0.4, -0.2) is 0 Å². The lowest BCUT2D eigenvalue weighted by molar-refractivity contribution is 0.426. The number of benzene rings is 1. The zero-order valence-electron chi connectivity index (χ0n) is 10.7. The van der Waals surface area contributed by atoms with Crippen molar-refractivity contribution in [2.45, 2.75) is 44.9 Å².